The number of rotatable bonds is 4. The molecule has 4 heteroatoms. The van der Waals surface area contributed by atoms with E-state index < -0.39 is 0 Å². The first-order chi connectivity index (χ1) is 9.71. The molecular weight excluding hydrogens is 254 g/mol. The van der Waals surface area contributed by atoms with Crippen LogP contribution >= 0.6 is 0 Å². The Bertz CT molecular complexity index is 553. The monoisotopic (exact) mass is 273 g/mol. The summed E-state index contributed by atoms with van der Waals surface area (Å²) in [5, 5.41) is 0. The lowest BCUT2D eigenvalue weighted by molar-refractivity contribution is -0.139. The molecule has 106 valence electrons. The van der Waals surface area contributed by atoms with Crippen LogP contribution in [0.4, 0.5) is 0 Å². The molecule has 3 unspecified atom stereocenters. The van der Waals surface area contributed by atoms with Crippen molar-refractivity contribution < 1.29 is 14.3 Å². The number of allylic oxidation sites excluding steroid dienone is 2. The Morgan fingerprint density at radius 2 is 2.15 bits per heavy atom. The molecule has 1 saturated carbocycles. The highest BCUT2D eigenvalue weighted by molar-refractivity contribution is 5.77. The number of hydrogen-bond donors (Lipinski definition) is 1. The van der Waals surface area contributed by atoms with Crippen molar-refractivity contribution in [3.05, 3.63) is 35.9 Å². The second-order valence-corrected chi connectivity index (χ2v) is 5.50. The number of esters is 1. The van der Waals surface area contributed by atoms with Gasteiger partial charge in [-0.25, -0.2) is 0 Å². The van der Waals surface area contributed by atoms with Crippen molar-refractivity contribution in [1.82, 2.24) is 0 Å². The molecule has 1 fully saturated rings. The fraction of sp³-hybridized carbons (Fsp3) is 0.438. The Morgan fingerprint density at radius 1 is 1.30 bits per heavy atom. The quantitative estimate of drug-likeness (QED) is 0.519. The Kier molecular flexibility index (Phi) is 3.49. The molecule has 2 bridgehead atoms. The highest BCUT2D eigenvalue weighted by atomic mass is 16.6. The minimum Gasteiger partial charge on any atom is -0.493 e. The lowest BCUT2D eigenvalue weighted by atomic mass is 9.94. The lowest BCUT2D eigenvalue weighted by Crippen LogP contribution is -2.24. The summed E-state index contributed by atoms with van der Waals surface area (Å²) in [5.41, 5.74) is 6.54. The third-order valence-electron chi connectivity index (χ3n) is 4.26. The van der Waals surface area contributed by atoms with Gasteiger partial charge in [-0.05, 0) is 42.4 Å². The number of carbonyl (C=O) groups is 1. The number of benzene rings is 1. The third kappa shape index (κ3) is 2.31. The second-order valence-electron chi connectivity index (χ2n) is 5.50. The first kappa shape index (κ1) is 13.2. The molecule has 4 nitrogen and oxygen atoms in total. The molecule has 0 spiro atoms. The maximum atomic E-state index is 12.3. The predicted octanol–water partition coefficient (Wildman–Crippen LogP) is 2.27. The highest BCUT2D eigenvalue weighted by Crippen LogP contribution is 2.44. The number of carbonyl (C=O) groups excluding carboxylic acids is 1. The van der Waals surface area contributed by atoms with Gasteiger partial charge in [0.15, 0.2) is 11.5 Å². The van der Waals surface area contributed by atoms with E-state index in [1.807, 2.05) is 12.1 Å². The smallest absolute Gasteiger partial charge is 0.315 e. The molecule has 0 aliphatic heterocycles. The van der Waals surface area contributed by atoms with E-state index in [0.29, 0.717) is 29.9 Å². The van der Waals surface area contributed by atoms with Crippen molar-refractivity contribution >= 4 is 5.97 Å². The van der Waals surface area contributed by atoms with Crippen LogP contribution in [0.15, 0.2) is 30.4 Å². The summed E-state index contributed by atoms with van der Waals surface area (Å²) in [6.07, 6.45) is 6.35. The Labute approximate surface area is 118 Å². The van der Waals surface area contributed by atoms with Crippen molar-refractivity contribution in [3.8, 4) is 11.5 Å². The molecule has 0 aromatic heterocycles. The van der Waals surface area contributed by atoms with Crippen LogP contribution in [0.25, 0.3) is 0 Å². The van der Waals surface area contributed by atoms with Crippen molar-refractivity contribution in [1.29, 1.82) is 0 Å². The summed E-state index contributed by atoms with van der Waals surface area (Å²) in [4.78, 5) is 12.3. The molecule has 2 aliphatic rings. The summed E-state index contributed by atoms with van der Waals surface area (Å²) in [7, 11) is 1.56. The summed E-state index contributed by atoms with van der Waals surface area (Å²) < 4.78 is 10.8. The third-order valence-corrected chi connectivity index (χ3v) is 4.26. The Morgan fingerprint density at radius 3 is 2.75 bits per heavy atom. The van der Waals surface area contributed by atoms with E-state index in [4.69, 9.17) is 15.2 Å². The van der Waals surface area contributed by atoms with E-state index in [1.54, 1.807) is 13.2 Å². The average Bonchev–Trinajstić information content (AvgIpc) is 3.10. The van der Waals surface area contributed by atoms with Gasteiger partial charge in [-0.3, -0.25) is 4.79 Å². The van der Waals surface area contributed by atoms with Crippen molar-refractivity contribution in [3.63, 3.8) is 0 Å². The normalized spacial score (nSPS) is 26.8. The van der Waals surface area contributed by atoms with Gasteiger partial charge in [-0.1, -0.05) is 18.2 Å². The topological polar surface area (TPSA) is 61.6 Å². The maximum absolute atomic E-state index is 12.3. The summed E-state index contributed by atoms with van der Waals surface area (Å²) in [6.45, 7) is 0.432. The van der Waals surface area contributed by atoms with Gasteiger partial charge in [-0.2, -0.15) is 0 Å². The summed E-state index contributed by atoms with van der Waals surface area (Å²) in [5.74, 6) is 1.77. The van der Waals surface area contributed by atoms with Crippen molar-refractivity contribution in [2.24, 2.45) is 23.5 Å². The molecule has 0 amide bonds. The van der Waals surface area contributed by atoms with Crippen LogP contribution in [0, 0.1) is 17.8 Å². The molecule has 2 N–H and O–H groups in total. The summed E-state index contributed by atoms with van der Waals surface area (Å²) >= 11 is 0. The first-order valence-corrected chi connectivity index (χ1v) is 6.98. The predicted molar refractivity (Wildman–Crippen MR) is 75.4 cm³/mol. The van der Waals surface area contributed by atoms with Crippen LogP contribution < -0.4 is 15.2 Å². The number of methoxy groups -OCH3 is 1. The minimum atomic E-state index is -0.152. The van der Waals surface area contributed by atoms with Crippen LogP contribution in [-0.2, 0) is 11.3 Å². The molecule has 1 aromatic rings. The van der Waals surface area contributed by atoms with E-state index in [2.05, 4.69) is 12.2 Å². The molecule has 0 saturated heterocycles. The Balaban J connectivity index is 1.74. The van der Waals surface area contributed by atoms with E-state index in [9.17, 15) is 4.79 Å². The van der Waals surface area contributed by atoms with Crippen LogP contribution in [0.3, 0.4) is 0 Å². The van der Waals surface area contributed by atoms with E-state index >= 15 is 0 Å². The molecule has 3 atom stereocenters. The van der Waals surface area contributed by atoms with E-state index in [-0.39, 0.29) is 11.9 Å². The zero-order chi connectivity index (χ0) is 14.1. The zero-order valence-electron chi connectivity index (χ0n) is 11.5. The summed E-state index contributed by atoms with van der Waals surface area (Å²) in [6, 6.07) is 5.41. The van der Waals surface area contributed by atoms with Gasteiger partial charge in [0.25, 0.3) is 0 Å². The number of ether oxygens (including phenoxy) is 2. The zero-order valence-corrected chi connectivity index (χ0v) is 11.5. The fourth-order valence-corrected chi connectivity index (χ4v) is 3.16. The van der Waals surface area contributed by atoms with Crippen LogP contribution in [0.5, 0.6) is 11.5 Å². The van der Waals surface area contributed by atoms with Gasteiger partial charge in [0, 0.05) is 6.54 Å². The lowest BCUT2D eigenvalue weighted by Gasteiger charge is -2.17. The van der Waals surface area contributed by atoms with Gasteiger partial charge in [0.2, 0.25) is 0 Å². The number of nitrogens with two attached hydrogens (primary N) is 1. The molecule has 0 radical (unpaired) electrons. The highest BCUT2D eigenvalue weighted by Gasteiger charge is 2.41. The number of fused-ring (bicyclic) bond motifs is 2. The van der Waals surface area contributed by atoms with Gasteiger partial charge >= 0.3 is 5.97 Å². The molecule has 0 heterocycles. The van der Waals surface area contributed by atoms with Crippen LogP contribution in [0.1, 0.15) is 18.4 Å². The fourth-order valence-electron chi connectivity index (χ4n) is 3.16. The van der Waals surface area contributed by atoms with Crippen LogP contribution in [0.2, 0.25) is 0 Å². The maximum Gasteiger partial charge on any atom is 0.315 e. The largest absolute Gasteiger partial charge is 0.493 e. The first-order valence-electron chi connectivity index (χ1n) is 6.98. The van der Waals surface area contributed by atoms with Crippen LogP contribution in [-0.4, -0.2) is 13.1 Å². The molecule has 20 heavy (non-hydrogen) atoms. The molecule has 2 aliphatic carbocycles. The average molecular weight is 273 g/mol. The van der Waals surface area contributed by atoms with Crippen molar-refractivity contribution in [2.75, 3.05) is 7.11 Å². The number of hydrogen-bond acceptors (Lipinski definition) is 4. The molecular formula is C16H19NO3. The van der Waals surface area contributed by atoms with E-state index in [1.165, 1.54) is 0 Å². The Hall–Kier alpha value is -1.81. The standard InChI is InChI=1S/C16H19NO3/c1-19-15-8-11(9-17)3-5-14(15)20-16(18)13-7-10-2-4-12(13)6-10/h2-5,8,10,12-13H,6-7,9,17H2,1H3. The second kappa shape index (κ2) is 5.29. The SMILES string of the molecule is COc1cc(CN)ccc1OC(=O)C1CC2C=CC1C2. The molecule has 3 rings (SSSR count). The van der Waals surface area contributed by atoms with Gasteiger partial charge < -0.3 is 15.2 Å². The van der Waals surface area contributed by atoms with E-state index in [0.717, 1.165) is 18.4 Å². The van der Waals surface area contributed by atoms with Gasteiger partial charge in [0.1, 0.15) is 0 Å². The molecule has 1 aromatic carbocycles. The van der Waals surface area contributed by atoms with Gasteiger partial charge in [0.05, 0.1) is 13.0 Å². The minimum absolute atomic E-state index is 0.0103. The van der Waals surface area contributed by atoms with Crippen molar-refractivity contribution in [2.45, 2.75) is 19.4 Å². The van der Waals surface area contributed by atoms with Gasteiger partial charge in [-0.15, -0.1) is 0 Å².